The lowest BCUT2D eigenvalue weighted by molar-refractivity contribution is -0.137. The van der Waals surface area contributed by atoms with Crippen molar-refractivity contribution in [1.82, 2.24) is 5.32 Å². The minimum Gasteiger partial charge on any atom is -0.324 e. The second kappa shape index (κ2) is 9.65. The Hall–Kier alpha value is -3.33. The van der Waals surface area contributed by atoms with Crippen molar-refractivity contribution in [2.75, 3.05) is 10.6 Å². The van der Waals surface area contributed by atoms with Crippen molar-refractivity contribution in [2.24, 2.45) is 0 Å². The van der Waals surface area contributed by atoms with Gasteiger partial charge >= 0.3 is 12.2 Å². The quantitative estimate of drug-likeness (QED) is 0.411. The van der Waals surface area contributed by atoms with E-state index in [4.69, 9.17) is 0 Å². The van der Waals surface area contributed by atoms with Gasteiger partial charge in [-0.3, -0.25) is 4.79 Å². The Morgan fingerprint density at radius 1 is 0.806 bits per heavy atom. The summed E-state index contributed by atoms with van der Waals surface area (Å²) in [7, 11) is 0. The van der Waals surface area contributed by atoms with E-state index in [1.165, 1.54) is 0 Å². The highest BCUT2D eigenvalue weighted by Gasteiger charge is 2.30. The summed E-state index contributed by atoms with van der Waals surface area (Å²) in [4.78, 5) is 25.3. The molecule has 0 saturated heterocycles. The number of alkyl halides is 3. The van der Waals surface area contributed by atoms with Gasteiger partial charge in [-0.25, -0.2) is 4.79 Å². The minimum absolute atomic E-state index is 0.157. The molecule has 3 aromatic rings. The average Bonchev–Trinajstić information content (AvgIpc) is 2.72. The van der Waals surface area contributed by atoms with Crippen LogP contribution in [0.15, 0.2) is 83.3 Å². The molecule has 0 aliphatic heterocycles. The van der Waals surface area contributed by atoms with Crippen molar-refractivity contribution < 1.29 is 22.8 Å². The van der Waals surface area contributed by atoms with Gasteiger partial charge in [0.05, 0.1) is 5.56 Å². The molecular formula is C22H17BrF3N3O2. The third-order valence-corrected chi connectivity index (χ3v) is 4.73. The normalized spacial score (nSPS) is 12.0. The molecule has 1 atom stereocenters. The van der Waals surface area contributed by atoms with E-state index in [9.17, 15) is 22.8 Å². The van der Waals surface area contributed by atoms with Gasteiger partial charge in [0.25, 0.3) is 5.91 Å². The van der Waals surface area contributed by atoms with Crippen LogP contribution in [0.4, 0.5) is 29.3 Å². The maximum atomic E-state index is 12.9. The first-order valence-corrected chi connectivity index (χ1v) is 9.88. The van der Waals surface area contributed by atoms with Gasteiger partial charge in [0.2, 0.25) is 0 Å². The summed E-state index contributed by atoms with van der Waals surface area (Å²) in [5.74, 6) is -0.480. The highest BCUT2D eigenvalue weighted by Crippen LogP contribution is 2.29. The van der Waals surface area contributed by atoms with E-state index in [1.807, 2.05) is 0 Å². The Labute approximate surface area is 184 Å². The molecule has 0 aromatic heterocycles. The molecule has 0 aliphatic carbocycles. The molecule has 3 amide bonds. The number of urea groups is 1. The lowest BCUT2D eigenvalue weighted by atomic mass is 10.1. The van der Waals surface area contributed by atoms with Gasteiger partial charge < -0.3 is 16.0 Å². The first kappa shape index (κ1) is 22.4. The smallest absolute Gasteiger partial charge is 0.324 e. The lowest BCUT2D eigenvalue weighted by Gasteiger charge is -2.19. The third-order valence-electron chi connectivity index (χ3n) is 4.23. The number of hydrogen-bond donors (Lipinski definition) is 3. The summed E-state index contributed by atoms with van der Waals surface area (Å²) in [6, 6.07) is 17.8. The first-order chi connectivity index (χ1) is 14.7. The Bertz CT molecular complexity index is 1060. The van der Waals surface area contributed by atoms with Crippen molar-refractivity contribution in [3.8, 4) is 0 Å². The van der Waals surface area contributed by atoms with Gasteiger partial charge in [0.1, 0.15) is 6.04 Å². The number of amides is 3. The molecule has 3 N–H and O–H groups in total. The van der Waals surface area contributed by atoms with E-state index in [0.29, 0.717) is 11.3 Å². The van der Waals surface area contributed by atoms with Gasteiger partial charge in [0, 0.05) is 15.8 Å². The van der Waals surface area contributed by atoms with Gasteiger partial charge in [-0.2, -0.15) is 13.2 Å². The predicted molar refractivity (Wildman–Crippen MR) is 116 cm³/mol. The Morgan fingerprint density at radius 3 is 2.10 bits per heavy atom. The molecule has 31 heavy (non-hydrogen) atoms. The number of nitrogens with one attached hydrogen (secondary N) is 3. The van der Waals surface area contributed by atoms with E-state index in [2.05, 4.69) is 31.9 Å². The van der Waals surface area contributed by atoms with Gasteiger partial charge in [-0.05, 0) is 48.0 Å². The molecule has 9 heteroatoms. The largest absolute Gasteiger partial charge is 0.416 e. The molecule has 3 rings (SSSR count). The van der Waals surface area contributed by atoms with E-state index in [-0.39, 0.29) is 5.69 Å². The summed E-state index contributed by atoms with van der Waals surface area (Å²) in [5.41, 5.74) is 0.404. The molecule has 0 spiro atoms. The molecular weight excluding hydrogens is 475 g/mol. The summed E-state index contributed by atoms with van der Waals surface area (Å²) >= 11 is 3.33. The second-order valence-electron chi connectivity index (χ2n) is 6.52. The predicted octanol–water partition coefficient (Wildman–Crippen LogP) is 5.97. The molecule has 0 unspecified atom stereocenters. The molecule has 0 bridgehead atoms. The molecule has 0 saturated carbocycles. The summed E-state index contributed by atoms with van der Waals surface area (Å²) in [6.07, 6.45) is -4.47. The van der Waals surface area contributed by atoms with Crippen molar-refractivity contribution in [1.29, 1.82) is 0 Å². The fraction of sp³-hybridized carbons (Fsp3) is 0.0909. The van der Waals surface area contributed by atoms with Gasteiger partial charge in [0.15, 0.2) is 0 Å². The fourth-order valence-corrected chi connectivity index (χ4v) is 3.17. The number of carbonyl (C=O) groups is 2. The Balaban J connectivity index is 1.74. The van der Waals surface area contributed by atoms with Gasteiger partial charge in [-0.15, -0.1) is 0 Å². The molecule has 0 aliphatic rings. The summed E-state index contributed by atoms with van der Waals surface area (Å²) < 4.78 is 38.8. The van der Waals surface area contributed by atoms with Crippen molar-refractivity contribution in [3.63, 3.8) is 0 Å². The second-order valence-corrected chi connectivity index (χ2v) is 7.43. The third kappa shape index (κ3) is 6.32. The van der Waals surface area contributed by atoms with Gasteiger partial charge in [-0.1, -0.05) is 52.3 Å². The van der Waals surface area contributed by atoms with Crippen LogP contribution in [0.3, 0.4) is 0 Å². The van der Waals surface area contributed by atoms with E-state index in [1.54, 1.807) is 54.6 Å². The van der Waals surface area contributed by atoms with Crippen LogP contribution >= 0.6 is 15.9 Å². The maximum Gasteiger partial charge on any atom is 0.416 e. The first-order valence-electron chi connectivity index (χ1n) is 9.08. The summed E-state index contributed by atoms with van der Waals surface area (Å²) in [6.45, 7) is 0. The van der Waals surface area contributed by atoms with Crippen molar-refractivity contribution in [2.45, 2.75) is 12.2 Å². The number of hydrogen-bond acceptors (Lipinski definition) is 2. The van der Waals surface area contributed by atoms with Crippen molar-refractivity contribution in [3.05, 3.63) is 94.5 Å². The zero-order valence-electron chi connectivity index (χ0n) is 15.9. The minimum atomic E-state index is -4.47. The zero-order chi connectivity index (χ0) is 22.4. The number of halogens is 4. The zero-order valence-corrected chi connectivity index (χ0v) is 17.5. The van der Waals surface area contributed by atoms with Crippen LogP contribution in [0.2, 0.25) is 0 Å². The SMILES string of the molecule is O=C(Nc1ccc(C(F)(F)F)cc1)N[C@@H](C(=O)Nc1cccc(Br)c1)c1ccccc1. The number of rotatable bonds is 5. The number of carbonyl (C=O) groups excluding carboxylic acids is 2. The summed E-state index contributed by atoms with van der Waals surface area (Å²) in [5, 5.41) is 7.75. The molecule has 3 aromatic carbocycles. The monoisotopic (exact) mass is 491 g/mol. The lowest BCUT2D eigenvalue weighted by Crippen LogP contribution is -2.39. The number of benzene rings is 3. The molecule has 5 nitrogen and oxygen atoms in total. The van der Waals surface area contributed by atoms with Crippen molar-refractivity contribution >= 4 is 39.2 Å². The molecule has 160 valence electrons. The highest BCUT2D eigenvalue weighted by molar-refractivity contribution is 9.10. The molecule has 0 heterocycles. The van der Waals surface area contributed by atoms with Crippen LogP contribution in [0.25, 0.3) is 0 Å². The topological polar surface area (TPSA) is 70.2 Å². The Morgan fingerprint density at radius 2 is 1.48 bits per heavy atom. The van der Waals surface area contributed by atoms with Crippen LogP contribution in [0, 0.1) is 0 Å². The van der Waals surface area contributed by atoms with Crippen LogP contribution < -0.4 is 16.0 Å². The van der Waals surface area contributed by atoms with Crippen LogP contribution in [-0.2, 0) is 11.0 Å². The fourth-order valence-electron chi connectivity index (χ4n) is 2.77. The molecule has 0 radical (unpaired) electrons. The highest BCUT2D eigenvalue weighted by atomic mass is 79.9. The number of anilines is 2. The van der Waals surface area contributed by atoms with E-state index >= 15 is 0 Å². The standard InChI is InChI=1S/C22H17BrF3N3O2/c23-16-7-4-8-18(13-16)27-20(30)19(14-5-2-1-3-6-14)29-21(31)28-17-11-9-15(10-12-17)22(24,25)26/h1-13,19H,(H,27,30)(H2,28,29,31)/t19-/m1/s1. The van der Waals surface area contributed by atoms with E-state index in [0.717, 1.165) is 28.7 Å². The maximum absolute atomic E-state index is 12.9. The van der Waals surface area contributed by atoms with Crippen LogP contribution in [-0.4, -0.2) is 11.9 Å². The van der Waals surface area contributed by atoms with Crippen LogP contribution in [0.1, 0.15) is 17.2 Å². The van der Waals surface area contributed by atoms with E-state index < -0.39 is 29.7 Å². The average molecular weight is 492 g/mol. The van der Waals surface area contributed by atoms with Crippen LogP contribution in [0.5, 0.6) is 0 Å². The molecule has 0 fully saturated rings. The Kier molecular flexibility index (Phi) is 6.96.